The van der Waals surface area contributed by atoms with E-state index in [1.807, 2.05) is 18.2 Å². The predicted molar refractivity (Wildman–Crippen MR) is 87.8 cm³/mol. The Kier molecular flexibility index (Phi) is 4.41. The number of halogens is 2. The Hall–Kier alpha value is -2.24. The summed E-state index contributed by atoms with van der Waals surface area (Å²) in [6, 6.07) is 12.8. The predicted octanol–water partition coefficient (Wildman–Crippen LogP) is 4.73. The van der Waals surface area contributed by atoms with Crippen molar-refractivity contribution in [3.8, 4) is 0 Å². The Bertz CT molecular complexity index is 904. The van der Waals surface area contributed by atoms with Crippen LogP contribution >= 0.6 is 22.9 Å². The van der Waals surface area contributed by atoms with Crippen molar-refractivity contribution in [1.82, 2.24) is 0 Å². The molecule has 0 aliphatic carbocycles. The molecule has 3 rings (SSSR count). The molecule has 0 bridgehead atoms. The Morgan fingerprint density at radius 2 is 1.78 bits per heavy atom. The minimum Gasteiger partial charge on any atom is -0.453 e. The molecule has 1 heterocycles. The van der Waals surface area contributed by atoms with E-state index in [1.165, 1.54) is 29.5 Å². The van der Waals surface area contributed by atoms with Gasteiger partial charge in [0.2, 0.25) is 5.78 Å². The summed E-state index contributed by atoms with van der Waals surface area (Å²) in [7, 11) is 0. The van der Waals surface area contributed by atoms with E-state index in [2.05, 4.69) is 0 Å². The SMILES string of the molecule is O=C(COC(=O)c1sc2ccccc2c1Cl)c1ccccc1F. The first-order chi connectivity index (χ1) is 11.1. The number of thiophene rings is 1. The number of ketones is 1. The standard InChI is InChI=1S/C17H10ClFO3S/c18-15-11-6-2-4-8-14(11)23-16(15)17(21)22-9-13(20)10-5-1-3-7-12(10)19/h1-8H,9H2. The van der Waals surface area contributed by atoms with Crippen LogP contribution < -0.4 is 0 Å². The minimum absolute atomic E-state index is 0.109. The Morgan fingerprint density at radius 1 is 1.09 bits per heavy atom. The van der Waals surface area contributed by atoms with Gasteiger partial charge in [0, 0.05) is 10.1 Å². The number of ether oxygens (including phenoxy) is 1. The van der Waals surface area contributed by atoms with E-state index in [4.69, 9.17) is 16.3 Å². The maximum atomic E-state index is 13.5. The number of benzene rings is 2. The summed E-state index contributed by atoms with van der Waals surface area (Å²) in [5.41, 5.74) is -0.109. The highest BCUT2D eigenvalue weighted by Crippen LogP contribution is 2.35. The number of carbonyl (C=O) groups excluding carboxylic acids is 2. The molecule has 0 spiro atoms. The molecular formula is C17H10ClFO3S. The lowest BCUT2D eigenvalue weighted by molar-refractivity contribution is 0.0478. The van der Waals surface area contributed by atoms with Crippen LogP contribution in [0.2, 0.25) is 5.02 Å². The van der Waals surface area contributed by atoms with Crippen LogP contribution in [0, 0.1) is 5.82 Å². The summed E-state index contributed by atoms with van der Waals surface area (Å²) in [5.74, 6) is -1.94. The first kappa shape index (κ1) is 15.6. The van der Waals surface area contributed by atoms with Crippen LogP contribution in [0.25, 0.3) is 10.1 Å². The monoisotopic (exact) mass is 348 g/mol. The largest absolute Gasteiger partial charge is 0.453 e. The second-order valence-electron chi connectivity index (χ2n) is 4.72. The molecule has 0 fully saturated rings. The smallest absolute Gasteiger partial charge is 0.350 e. The highest BCUT2D eigenvalue weighted by atomic mass is 35.5. The van der Waals surface area contributed by atoms with Gasteiger partial charge in [0.25, 0.3) is 0 Å². The summed E-state index contributed by atoms with van der Waals surface area (Å²) >= 11 is 7.36. The molecule has 0 radical (unpaired) electrons. The van der Waals surface area contributed by atoms with Gasteiger partial charge in [-0.05, 0) is 18.2 Å². The molecule has 0 saturated carbocycles. The van der Waals surface area contributed by atoms with Crippen LogP contribution in [0.1, 0.15) is 20.0 Å². The molecule has 0 atom stereocenters. The molecule has 0 unspecified atom stereocenters. The molecule has 0 aliphatic heterocycles. The molecule has 6 heteroatoms. The Balaban J connectivity index is 1.75. The third kappa shape index (κ3) is 3.11. The van der Waals surface area contributed by atoms with Crippen molar-refractivity contribution in [1.29, 1.82) is 0 Å². The molecule has 0 saturated heterocycles. The van der Waals surface area contributed by atoms with Crippen molar-refractivity contribution in [2.45, 2.75) is 0 Å². The van der Waals surface area contributed by atoms with Gasteiger partial charge < -0.3 is 4.74 Å². The van der Waals surface area contributed by atoms with E-state index in [9.17, 15) is 14.0 Å². The summed E-state index contributed by atoms with van der Waals surface area (Å²) in [5, 5.41) is 1.06. The minimum atomic E-state index is -0.694. The van der Waals surface area contributed by atoms with Gasteiger partial charge in [-0.25, -0.2) is 9.18 Å². The van der Waals surface area contributed by atoms with Crippen molar-refractivity contribution < 1.29 is 18.7 Å². The third-order valence-corrected chi connectivity index (χ3v) is 4.88. The van der Waals surface area contributed by atoms with Gasteiger partial charge in [-0.2, -0.15) is 0 Å². The molecule has 2 aromatic carbocycles. The lowest BCUT2D eigenvalue weighted by Gasteiger charge is -2.04. The zero-order chi connectivity index (χ0) is 16.4. The van der Waals surface area contributed by atoms with Crippen LogP contribution in [0.15, 0.2) is 48.5 Å². The number of hydrogen-bond donors (Lipinski definition) is 0. The van der Waals surface area contributed by atoms with E-state index in [0.717, 1.165) is 10.1 Å². The third-order valence-electron chi connectivity index (χ3n) is 3.23. The summed E-state index contributed by atoms with van der Waals surface area (Å²) in [6.45, 7) is -0.537. The lowest BCUT2D eigenvalue weighted by Crippen LogP contribution is -2.14. The maximum absolute atomic E-state index is 13.5. The number of hydrogen-bond acceptors (Lipinski definition) is 4. The average Bonchev–Trinajstić information content (AvgIpc) is 2.90. The van der Waals surface area contributed by atoms with Gasteiger partial charge in [0.1, 0.15) is 10.7 Å². The number of fused-ring (bicyclic) bond motifs is 1. The van der Waals surface area contributed by atoms with Crippen LogP contribution in [0.3, 0.4) is 0 Å². The van der Waals surface area contributed by atoms with Crippen molar-refractivity contribution >= 4 is 44.8 Å². The summed E-state index contributed by atoms with van der Waals surface area (Å²) in [6.07, 6.45) is 0. The molecule has 0 aliphatic rings. The fourth-order valence-electron chi connectivity index (χ4n) is 2.11. The van der Waals surface area contributed by atoms with E-state index >= 15 is 0 Å². The van der Waals surface area contributed by atoms with Gasteiger partial charge in [0.15, 0.2) is 6.61 Å². The zero-order valence-corrected chi connectivity index (χ0v) is 13.3. The zero-order valence-electron chi connectivity index (χ0n) is 11.7. The van der Waals surface area contributed by atoms with Crippen LogP contribution in [-0.2, 0) is 4.74 Å². The van der Waals surface area contributed by atoms with Crippen LogP contribution in [0.4, 0.5) is 4.39 Å². The van der Waals surface area contributed by atoms with Gasteiger partial charge in [-0.15, -0.1) is 11.3 Å². The van der Waals surface area contributed by atoms with Gasteiger partial charge in [-0.1, -0.05) is 41.9 Å². The topological polar surface area (TPSA) is 43.4 Å². The molecule has 3 aromatic rings. The number of Topliss-reactive ketones (excluding diaryl/α,β-unsaturated/α-hetero) is 1. The number of carbonyl (C=O) groups is 2. The van der Waals surface area contributed by atoms with E-state index in [0.29, 0.717) is 5.02 Å². The van der Waals surface area contributed by atoms with Crippen molar-refractivity contribution in [3.63, 3.8) is 0 Å². The number of rotatable bonds is 4. The second-order valence-corrected chi connectivity index (χ2v) is 6.15. The van der Waals surface area contributed by atoms with Gasteiger partial charge in [-0.3, -0.25) is 4.79 Å². The number of esters is 1. The first-order valence-electron chi connectivity index (χ1n) is 6.70. The van der Waals surface area contributed by atoms with E-state index in [1.54, 1.807) is 12.1 Å². The fourth-order valence-corrected chi connectivity index (χ4v) is 3.51. The van der Waals surface area contributed by atoms with Crippen molar-refractivity contribution in [2.75, 3.05) is 6.61 Å². The molecular weight excluding hydrogens is 339 g/mol. The first-order valence-corrected chi connectivity index (χ1v) is 7.89. The molecule has 3 nitrogen and oxygen atoms in total. The van der Waals surface area contributed by atoms with Crippen molar-refractivity contribution in [3.05, 3.63) is 69.8 Å². The average molecular weight is 349 g/mol. The highest BCUT2D eigenvalue weighted by Gasteiger charge is 2.20. The lowest BCUT2D eigenvalue weighted by atomic mass is 10.1. The molecule has 0 N–H and O–H groups in total. The van der Waals surface area contributed by atoms with Crippen LogP contribution in [0.5, 0.6) is 0 Å². The highest BCUT2D eigenvalue weighted by molar-refractivity contribution is 7.21. The quantitative estimate of drug-likeness (QED) is 0.505. The van der Waals surface area contributed by atoms with Crippen LogP contribution in [-0.4, -0.2) is 18.4 Å². The second kappa shape index (κ2) is 6.48. The Morgan fingerprint density at radius 3 is 2.52 bits per heavy atom. The summed E-state index contributed by atoms with van der Waals surface area (Å²) < 4.78 is 19.3. The van der Waals surface area contributed by atoms with E-state index in [-0.39, 0.29) is 10.4 Å². The van der Waals surface area contributed by atoms with E-state index < -0.39 is 24.2 Å². The van der Waals surface area contributed by atoms with Gasteiger partial charge >= 0.3 is 5.97 Å². The molecule has 1 aromatic heterocycles. The normalized spacial score (nSPS) is 10.7. The Labute approximate surface area is 140 Å². The molecule has 23 heavy (non-hydrogen) atoms. The molecule has 116 valence electrons. The maximum Gasteiger partial charge on any atom is 0.350 e. The fraction of sp³-hybridized carbons (Fsp3) is 0.0588. The molecule has 0 amide bonds. The summed E-state index contributed by atoms with van der Waals surface area (Å²) in [4.78, 5) is 24.3. The van der Waals surface area contributed by atoms with Crippen molar-refractivity contribution in [2.24, 2.45) is 0 Å². The van der Waals surface area contributed by atoms with Gasteiger partial charge in [0.05, 0.1) is 10.6 Å².